The van der Waals surface area contributed by atoms with E-state index in [0.29, 0.717) is 25.7 Å². The Balaban J connectivity index is 5.11. The Morgan fingerprint density at radius 3 is 0.766 bits per heavy atom. The van der Waals surface area contributed by atoms with Crippen molar-refractivity contribution in [1.82, 2.24) is 0 Å². The van der Waals surface area contributed by atoms with Crippen LogP contribution in [0.25, 0.3) is 0 Å². The zero-order chi connectivity index (χ0) is 56.9. The van der Waals surface area contributed by atoms with E-state index in [9.17, 15) is 43.2 Å². The highest BCUT2D eigenvalue weighted by Crippen LogP contribution is 2.45. The summed E-state index contributed by atoms with van der Waals surface area (Å²) in [6.07, 6.45) is 36.7. The van der Waals surface area contributed by atoms with Crippen LogP contribution in [0.4, 0.5) is 0 Å². The predicted molar refractivity (Wildman–Crippen MR) is 303 cm³/mol. The molecule has 0 saturated heterocycles. The summed E-state index contributed by atoms with van der Waals surface area (Å²) in [4.78, 5) is 71.5. The van der Waals surface area contributed by atoms with Gasteiger partial charge in [0.1, 0.15) is 19.3 Å². The Bertz CT molecular complexity index is 1500. The molecule has 0 amide bonds. The van der Waals surface area contributed by atoms with Gasteiger partial charge in [-0.05, 0) is 25.7 Å². The summed E-state index contributed by atoms with van der Waals surface area (Å²) >= 11 is 0. The molecule has 0 rings (SSSR count). The first-order valence-corrected chi connectivity index (χ1v) is 33.8. The van der Waals surface area contributed by atoms with Crippen LogP contribution in [-0.2, 0) is 65.4 Å². The third-order valence-electron chi connectivity index (χ3n) is 13.4. The van der Waals surface area contributed by atoms with E-state index < -0.39 is 97.5 Å². The molecule has 0 bridgehead atoms. The molecule has 5 atom stereocenters. The Kier molecular flexibility index (Phi) is 52.0. The largest absolute Gasteiger partial charge is 0.472 e. The van der Waals surface area contributed by atoms with Crippen molar-refractivity contribution in [3.8, 4) is 0 Å². The van der Waals surface area contributed by atoms with E-state index in [1.54, 1.807) is 0 Å². The molecule has 17 nitrogen and oxygen atoms in total. The number of aliphatic hydroxyl groups excluding tert-OH is 1. The van der Waals surface area contributed by atoms with E-state index >= 15 is 0 Å². The number of carbonyl (C=O) groups excluding carboxylic acids is 4. The topological polar surface area (TPSA) is 237 Å². The summed E-state index contributed by atoms with van der Waals surface area (Å²) in [5, 5.41) is 10.5. The van der Waals surface area contributed by atoms with Crippen molar-refractivity contribution >= 4 is 39.5 Å². The predicted octanol–water partition coefficient (Wildman–Crippen LogP) is 15.6. The van der Waals surface area contributed by atoms with Gasteiger partial charge in [0, 0.05) is 25.7 Å². The lowest BCUT2D eigenvalue weighted by atomic mass is 10.0. The Morgan fingerprint density at radius 1 is 0.312 bits per heavy atom. The summed E-state index contributed by atoms with van der Waals surface area (Å²) in [5.74, 6) is -2.16. The molecular weight excluding hydrogens is 1030 g/mol. The second kappa shape index (κ2) is 53.4. The van der Waals surface area contributed by atoms with Crippen LogP contribution in [0, 0.1) is 0 Å². The molecule has 0 aromatic carbocycles. The van der Waals surface area contributed by atoms with E-state index in [0.717, 1.165) is 109 Å². The number of ether oxygens (including phenoxy) is 4. The van der Waals surface area contributed by atoms with Crippen molar-refractivity contribution in [2.45, 2.75) is 309 Å². The quantitative estimate of drug-likeness (QED) is 0.0222. The zero-order valence-electron chi connectivity index (χ0n) is 48.9. The van der Waals surface area contributed by atoms with Crippen molar-refractivity contribution in [2.24, 2.45) is 0 Å². The number of esters is 4. The van der Waals surface area contributed by atoms with E-state index in [1.807, 2.05) is 0 Å². The molecule has 0 aliphatic rings. The van der Waals surface area contributed by atoms with Crippen LogP contribution in [0.2, 0.25) is 0 Å². The summed E-state index contributed by atoms with van der Waals surface area (Å²) < 4.78 is 67.4. The second-order valence-corrected chi connectivity index (χ2v) is 23.9. The first kappa shape index (κ1) is 75.1. The molecule has 0 heterocycles. The Morgan fingerprint density at radius 2 is 0.519 bits per heavy atom. The fraction of sp³-hybridized carbons (Fsp3) is 0.931. The van der Waals surface area contributed by atoms with Gasteiger partial charge in [0.25, 0.3) is 0 Å². The minimum Gasteiger partial charge on any atom is -0.462 e. The average Bonchev–Trinajstić information content (AvgIpc) is 3.40. The minimum atomic E-state index is -4.93. The summed E-state index contributed by atoms with van der Waals surface area (Å²) in [5.41, 5.74) is 0. The van der Waals surface area contributed by atoms with Gasteiger partial charge in [-0.2, -0.15) is 0 Å². The molecule has 19 heteroatoms. The number of rotatable bonds is 59. The normalized spacial score (nSPS) is 14.3. The van der Waals surface area contributed by atoms with E-state index in [2.05, 4.69) is 27.7 Å². The van der Waals surface area contributed by atoms with Gasteiger partial charge in [-0.15, -0.1) is 0 Å². The molecule has 0 aliphatic heterocycles. The summed E-state index contributed by atoms with van der Waals surface area (Å²) in [7, 11) is -9.86. The molecule has 0 radical (unpaired) electrons. The molecule has 0 aromatic rings. The third kappa shape index (κ3) is 53.2. The first-order valence-electron chi connectivity index (χ1n) is 30.8. The maximum atomic E-state index is 12.9. The second-order valence-electron chi connectivity index (χ2n) is 21.0. The van der Waals surface area contributed by atoms with Gasteiger partial charge >= 0.3 is 39.5 Å². The molecule has 0 fully saturated rings. The maximum absolute atomic E-state index is 12.9. The van der Waals surface area contributed by atoms with Crippen LogP contribution >= 0.6 is 15.6 Å². The highest BCUT2D eigenvalue weighted by molar-refractivity contribution is 7.47. The van der Waals surface area contributed by atoms with Crippen LogP contribution < -0.4 is 0 Å². The van der Waals surface area contributed by atoms with Crippen molar-refractivity contribution in [1.29, 1.82) is 0 Å². The van der Waals surface area contributed by atoms with Crippen molar-refractivity contribution < 1.29 is 80.2 Å². The minimum absolute atomic E-state index is 0.104. The number of aliphatic hydroxyl groups is 1. The summed E-state index contributed by atoms with van der Waals surface area (Å²) in [6.45, 7) is 4.71. The monoisotopic (exact) mass is 1140 g/mol. The van der Waals surface area contributed by atoms with Gasteiger partial charge in [0.2, 0.25) is 0 Å². The van der Waals surface area contributed by atoms with Crippen LogP contribution in [0.3, 0.4) is 0 Å². The van der Waals surface area contributed by atoms with Gasteiger partial charge in [0.05, 0.1) is 26.4 Å². The fourth-order valence-corrected chi connectivity index (χ4v) is 10.2. The number of hydrogen-bond donors (Lipinski definition) is 3. The molecular formula is C58H112O17P2. The smallest absolute Gasteiger partial charge is 0.462 e. The molecule has 0 aromatic heterocycles. The molecule has 77 heavy (non-hydrogen) atoms. The van der Waals surface area contributed by atoms with E-state index in [1.165, 1.54) is 103 Å². The van der Waals surface area contributed by atoms with E-state index in [4.69, 9.17) is 37.0 Å². The Hall–Kier alpha value is -1.94. The van der Waals surface area contributed by atoms with Crippen molar-refractivity contribution in [2.75, 3.05) is 39.6 Å². The highest BCUT2D eigenvalue weighted by Gasteiger charge is 2.30. The lowest BCUT2D eigenvalue weighted by molar-refractivity contribution is -0.161. The van der Waals surface area contributed by atoms with Gasteiger partial charge in [-0.1, -0.05) is 240 Å². The van der Waals surface area contributed by atoms with E-state index in [-0.39, 0.29) is 25.7 Å². The number of unbranched alkanes of at least 4 members (excludes halogenated alkanes) is 33. The van der Waals surface area contributed by atoms with Crippen molar-refractivity contribution in [3.05, 3.63) is 0 Å². The van der Waals surface area contributed by atoms with Gasteiger partial charge in [-0.25, -0.2) is 9.13 Å². The van der Waals surface area contributed by atoms with Crippen LogP contribution in [0.5, 0.6) is 0 Å². The molecule has 0 spiro atoms. The van der Waals surface area contributed by atoms with Crippen LogP contribution in [0.1, 0.15) is 291 Å². The summed E-state index contributed by atoms with van der Waals surface area (Å²) in [6, 6.07) is 0. The highest BCUT2D eigenvalue weighted by atomic mass is 31.2. The number of hydrogen-bond acceptors (Lipinski definition) is 15. The SMILES string of the molecule is CCCCCCCCCCCCCCCCCCC(=O)O[C@H](COC(=O)CCCCCCCCCC)COP(=O)(O)OC[C@@H](O)COP(=O)(O)OC[C@@H](COC(=O)CCCCCCC)OC(=O)CCCCCCCCCC. The fourth-order valence-electron chi connectivity index (χ4n) is 8.57. The lowest BCUT2D eigenvalue weighted by Crippen LogP contribution is -2.30. The van der Waals surface area contributed by atoms with Gasteiger partial charge < -0.3 is 33.8 Å². The van der Waals surface area contributed by atoms with Crippen LogP contribution in [0.15, 0.2) is 0 Å². The molecule has 0 saturated carbocycles. The van der Waals surface area contributed by atoms with Crippen LogP contribution in [-0.4, -0.2) is 96.7 Å². The molecule has 3 N–H and O–H groups in total. The maximum Gasteiger partial charge on any atom is 0.472 e. The lowest BCUT2D eigenvalue weighted by Gasteiger charge is -2.21. The van der Waals surface area contributed by atoms with Gasteiger partial charge in [0.15, 0.2) is 12.2 Å². The molecule has 0 aliphatic carbocycles. The zero-order valence-corrected chi connectivity index (χ0v) is 50.7. The first-order chi connectivity index (χ1) is 37.2. The molecule has 2 unspecified atom stereocenters. The van der Waals surface area contributed by atoms with Crippen molar-refractivity contribution in [3.63, 3.8) is 0 Å². The van der Waals surface area contributed by atoms with Gasteiger partial charge in [-0.3, -0.25) is 37.3 Å². The average molecular weight is 1140 g/mol. The number of phosphoric ester groups is 2. The number of carbonyl (C=O) groups is 4. The molecule has 456 valence electrons. The number of phosphoric acid groups is 2. The Labute approximate surface area is 467 Å². The third-order valence-corrected chi connectivity index (χ3v) is 15.3. The standard InChI is InChI=1S/C58H112O17P2/c1-5-9-13-17-20-23-24-25-26-27-28-29-30-33-37-41-45-58(63)75-54(49-69-56(61)43-39-35-31-21-18-14-10-6-2)51-73-77(66,67)71-47-52(59)46-70-76(64,65)72-50-53(48-68-55(60)42-38-34-16-12-8-4)74-57(62)44-40-36-32-22-19-15-11-7-3/h52-54,59H,5-51H2,1-4H3,(H,64,65)(H,66,67)/t52-,53+,54+/m0/s1.